The molecule has 0 fully saturated rings. The fraction of sp³-hybridized carbons (Fsp3) is 0.100. The predicted octanol–water partition coefficient (Wildman–Crippen LogP) is 4.88. The van der Waals surface area contributed by atoms with Crippen molar-refractivity contribution < 1.29 is 4.42 Å². The Morgan fingerprint density at radius 2 is 1.84 bits per heavy atom. The number of halogens is 1. The summed E-state index contributed by atoms with van der Waals surface area (Å²) in [6, 6.07) is 16.1. The van der Waals surface area contributed by atoms with E-state index in [0.29, 0.717) is 18.2 Å². The lowest BCUT2D eigenvalue weighted by Gasteiger charge is -1.98. The van der Waals surface area contributed by atoms with E-state index in [1.54, 1.807) is 0 Å². The smallest absolute Gasteiger partial charge is 0.249 e. The van der Waals surface area contributed by atoms with Crippen LogP contribution >= 0.6 is 11.6 Å². The van der Waals surface area contributed by atoms with Crippen molar-refractivity contribution >= 4 is 11.6 Å². The molecule has 25 heavy (non-hydrogen) atoms. The monoisotopic (exact) mass is 347 g/mol. The molecule has 2 aromatic carbocycles. The first-order valence-electron chi connectivity index (χ1n) is 8.13. The number of H-pyrrole nitrogens is 1. The van der Waals surface area contributed by atoms with Crippen molar-refractivity contribution in [3.8, 4) is 22.7 Å². The van der Waals surface area contributed by atoms with Crippen LogP contribution in [0.3, 0.4) is 0 Å². The summed E-state index contributed by atoms with van der Waals surface area (Å²) in [5.41, 5.74) is 7.04. The molecule has 1 aliphatic rings. The SMILES string of the molecule is Clc1ccc(Cc2nnc(-c3c[nH]c4c3Cc3ccccc3-4)o2)cc1. The molecular formula is C20H14ClN3O. The van der Waals surface area contributed by atoms with Gasteiger partial charge in [0, 0.05) is 23.2 Å². The van der Waals surface area contributed by atoms with Crippen LogP contribution in [0.5, 0.6) is 0 Å². The minimum Gasteiger partial charge on any atom is -0.420 e. The van der Waals surface area contributed by atoms with Crippen molar-refractivity contribution in [3.63, 3.8) is 0 Å². The summed E-state index contributed by atoms with van der Waals surface area (Å²) < 4.78 is 5.91. The summed E-state index contributed by atoms with van der Waals surface area (Å²) in [6.45, 7) is 0. The summed E-state index contributed by atoms with van der Waals surface area (Å²) in [4.78, 5) is 3.36. The number of nitrogens with one attached hydrogen (secondary N) is 1. The lowest BCUT2D eigenvalue weighted by atomic mass is 10.1. The Hall–Kier alpha value is -2.85. The Kier molecular flexibility index (Phi) is 3.25. The van der Waals surface area contributed by atoms with Gasteiger partial charge in [-0.3, -0.25) is 0 Å². The zero-order valence-electron chi connectivity index (χ0n) is 13.3. The molecule has 0 saturated carbocycles. The van der Waals surface area contributed by atoms with Crippen molar-refractivity contribution in [3.05, 3.63) is 82.3 Å². The van der Waals surface area contributed by atoms with Crippen LogP contribution in [-0.2, 0) is 12.8 Å². The highest BCUT2D eigenvalue weighted by molar-refractivity contribution is 6.30. The largest absolute Gasteiger partial charge is 0.420 e. The molecule has 0 saturated heterocycles. The molecule has 122 valence electrons. The molecule has 0 spiro atoms. The number of hydrogen-bond donors (Lipinski definition) is 1. The quantitative estimate of drug-likeness (QED) is 0.506. The first-order chi connectivity index (χ1) is 12.3. The van der Waals surface area contributed by atoms with Gasteiger partial charge >= 0.3 is 0 Å². The molecule has 0 radical (unpaired) electrons. The van der Waals surface area contributed by atoms with Crippen molar-refractivity contribution in [1.29, 1.82) is 0 Å². The van der Waals surface area contributed by atoms with E-state index in [1.807, 2.05) is 30.5 Å². The Bertz CT molecular complexity index is 1060. The van der Waals surface area contributed by atoms with E-state index in [-0.39, 0.29) is 0 Å². The molecule has 4 nitrogen and oxygen atoms in total. The third kappa shape index (κ3) is 2.46. The molecule has 0 amide bonds. The molecule has 1 N–H and O–H groups in total. The Morgan fingerprint density at radius 1 is 1.00 bits per heavy atom. The lowest BCUT2D eigenvalue weighted by Crippen LogP contribution is -1.87. The summed E-state index contributed by atoms with van der Waals surface area (Å²) >= 11 is 5.92. The van der Waals surface area contributed by atoms with E-state index >= 15 is 0 Å². The van der Waals surface area contributed by atoms with Gasteiger partial charge in [-0.25, -0.2) is 0 Å². The molecule has 1 aliphatic carbocycles. The Morgan fingerprint density at radius 3 is 2.72 bits per heavy atom. The number of aromatic nitrogens is 3. The minimum atomic E-state index is 0.564. The first kappa shape index (κ1) is 14.5. The maximum absolute atomic E-state index is 5.92. The fourth-order valence-electron chi connectivity index (χ4n) is 3.39. The minimum absolute atomic E-state index is 0.564. The fourth-order valence-corrected chi connectivity index (χ4v) is 3.51. The summed E-state index contributed by atoms with van der Waals surface area (Å²) in [7, 11) is 0. The molecule has 4 aromatic rings. The predicted molar refractivity (Wildman–Crippen MR) is 96.6 cm³/mol. The highest BCUT2D eigenvalue weighted by atomic mass is 35.5. The molecule has 0 bridgehead atoms. The van der Waals surface area contributed by atoms with Gasteiger partial charge in [0.2, 0.25) is 11.8 Å². The van der Waals surface area contributed by atoms with Crippen molar-refractivity contribution in [2.24, 2.45) is 0 Å². The first-order valence-corrected chi connectivity index (χ1v) is 8.51. The van der Waals surface area contributed by atoms with Gasteiger partial charge in [0.05, 0.1) is 17.7 Å². The van der Waals surface area contributed by atoms with E-state index in [1.165, 1.54) is 16.7 Å². The molecule has 0 atom stereocenters. The number of nitrogens with zero attached hydrogens (tertiary/aromatic N) is 2. The van der Waals surface area contributed by atoms with E-state index in [9.17, 15) is 0 Å². The maximum Gasteiger partial charge on any atom is 0.249 e. The Labute approximate surface area is 149 Å². The van der Waals surface area contributed by atoms with Gasteiger partial charge in [-0.1, -0.05) is 48.0 Å². The summed E-state index contributed by atoms with van der Waals surface area (Å²) in [6.07, 6.45) is 3.44. The second-order valence-corrected chi connectivity index (χ2v) is 6.63. The van der Waals surface area contributed by atoms with Gasteiger partial charge in [0.15, 0.2) is 0 Å². The van der Waals surface area contributed by atoms with Crippen LogP contribution in [0.2, 0.25) is 5.02 Å². The van der Waals surface area contributed by atoms with Gasteiger partial charge in [0.1, 0.15) is 0 Å². The number of aromatic amines is 1. The van der Waals surface area contributed by atoms with Crippen LogP contribution in [0.1, 0.15) is 22.6 Å². The van der Waals surface area contributed by atoms with Crippen molar-refractivity contribution in [2.75, 3.05) is 0 Å². The molecule has 2 aromatic heterocycles. The molecule has 2 heterocycles. The lowest BCUT2D eigenvalue weighted by molar-refractivity contribution is 0.518. The van der Waals surface area contributed by atoms with Gasteiger partial charge in [-0.15, -0.1) is 10.2 Å². The molecule has 5 heteroatoms. The van der Waals surface area contributed by atoms with Crippen molar-refractivity contribution in [1.82, 2.24) is 15.2 Å². The van der Waals surface area contributed by atoms with E-state index in [4.69, 9.17) is 16.0 Å². The zero-order valence-corrected chi connectivity index (χ0v) is 14.0. The maximum atomic E-state index is 5.92. The third-order valence-corrected chi connectivity index (χ3v) is 4.86. The van der Waals surface area contributed by atoms with Crippen LogP contribution in [0, 0.1) is 0 Å². The zero-order chi connectivity index (χ0) is 16.8. The van der Waals surface area contributed by atoms with Gasteiger partial charge in [-0.05, 0) is 28.8 Å². The van der Waals surface area contributed by atoms with Crippen LogP contribution < -0.4 is 0 Å². The Balaban J connectivity index is 1.45. The number of benzene rings is 2. The van der Waals surface area contributed by atoms with Gasteiger partial charge in [-0.2, -0.15) is 0 Å². The van der Waals surface area contributed by atoms with E-state index in [2.05, 4.69) is 39.4 Å². The normalized spacial score (nSPS) is 12.2. The topological polar surface area (TPSA) is 54.7 Å². The molecular weight excluding hydrogens is 334 g/mol. The van der Waals surface area contributed by atoms with E-state index in [0.717, 1.165) is 28.3 Å². The van der Waals surface area contributed by atoms with E-state index < -0.39 is 0 Å². The average Bonchev–Trinajstić information content (AvgIpc) is 3.31. The molecule has 0 unspecified atom stereocenters. The summed E-state index contributed by atoms with van der Waals surface area (Å²) in [5, 5.41) is 9.17. The number of fused-ring (bicyclic) bond motifs is 3. The van der Waals surface area contributed by atoms with Gasteiger partial charge in [0.25, 0.3) is 0 Å². The highest BCUT2D eigenvalue weighted by Crippen LogP contribution is 2.40. The van der Waals surface area contributed by atoms with Gasteiger partial charge < -0.3 is 9.40 Å². The standard InChI is InChI=1S/C20H14ClN3O/c21-14-7-5-12(6-8-14)9-18-23-24-20(25-18)17-11-22-19-15-4-2-1-3-13(15)10-16(17)19/h1-8,11,22H,9-10H2. The van der Waals surface area contributed by atoms with Crippen LogP contribution in [0.4, 0.5) is 0 Å². The second-order valence-electron chi connectivity index (χ2n) is 6.19. The summed E-state index contributed by atoms with van der Waals surface area (Å²) in [5.74, 6) is 1.16. The van der Waals surface area contributed by atoms with Crippen LogP contribution in [0.15, 0.2) is 59.1 Å². The second kappa shape index (κ2) is 5.60. The molecule has 0 aliphatic heterocycles. The third-order valence-electron chi connectivity index (χ3n) is 4.61. The average molecular weight is 348 g/mol. The molecule has 5 rings (SSSR count). The van der Waals surface area contributed by atoms with Crippen LogP contribution in [-0.4, -0.2) is 15.2 Å². The highest BCUT2D eigenvalue weighted by Gasteiger charge is 2.25. The van der Waals surface area contributed by atoms with Crippen LogP contribution in [0.25, 0.3) is 22.7 Å². The van der Waals surface area contributed by atoms with Crippen molar-refractivity contribution in [2.45, 2.75) is 12.8 Å². The number of hydrogen-bond acceptors (Lipinski definition) is 3. The number of rotatable bonds is 3.